The van der Waals surface area contributed by atoms with Crippen molar-refractivity contribution in [3.63, 3.8) is 0 Å². The molecule has 2 heterocycles. The van der Waals surface area contributed by atoms with Gasteiger partial charge in [0.05, 0.1) is 59.0 Å². The minimum Gasteiger partial charge on any atom is -0.412 e. The molecule has 2 saturated heterocycles. The van der Waals surface area contributed by atoms with E-state index in [0.29, 0.717) is 45.7 Å². The third-order valence-electron chi connectivity index (χ3n) is 12.1. The van der Waals surface area contributed by atoms with Crippen molar-refractivity contribution in [2.45, 2.75) is 169 Å². The zero-order valence-electron chi connectivity index (χ0n) is 36.8. The molecule has 0 amide bonds. The number of hydrogen-bond acceptors (Lipinski definition) is 10. The summed E-state index contributed by atoms with van der Waals surface area (Å²) in [6.07, 6.45) is 4.14. The van der Waals surface area contributed by atoms with Gasteiger partial charge in [0.2, 0.25) is 0 Å². The molecule has 12 heteroatoms. The third kappa shape index (κ3) is 16.3. The Morgan fingerprint density at radius 1 is 0.561 bits per heavy atom. The van der Waals surface area contributed by atoms with Crippen LogP contribution in [0.2, 0.25) is 36.3 Å². The van der Waals surface area contributed by atoms with Crippen molar-refractivity contribution in [2.24, 2.45) is 0 Å². The highest BCUT2D eigenvalue weighted by Gasteiger charge is 2.46. The standard InChI is InChI=1S/C45H76O6S4Si2/c1-42(2,3)56(7,8)50-40(34-48-32-36-19-13-11-14-20-36)30-44(52-23-17-24-53-44)28-38(46)27-39(47)29-45(54-25-18-26-55-45)31-41(51-57(9,10)43(4,5)6)35-49-33-37-21-15-12-16-22-37/h11-16,19-22,38-41,46-47H,17-18,23-35H2,1-10H3/t38-,39-,40+,41+/m0/s1. The van der Waals surface area contributed by atoms with Crippen LogP contribution < -0.4 is 0 Å². The minimum absolute atomic E-state index is 0.0716. The summed E-state index contributed by atoms with van der Waals surface area (Å²) in [7, 11) is -4.20. The van der Waals surface area contributed by atoms with E-state index in [1.807, 2.05) is 59.2 Å². The highest BCUT2D eigenvalue weighted by Crippen LogP contribution is 2.52. The fourth-order valence-electron chi connectivity index (χ4n) is 6.99. The van der Waals surface area contributed by atoms with E-state index < -0.39 is 28.8 Å². The van der Waals surface area contributed by atoms with Crippen LogP contribution in [0.1, 0.15) is 97.6 Å². The molecule has 2 aliphatic heterocycles. The Kier molecular flexibility index (Phi) is 19.5. The molecule has 2 aromatic carbocycles. The number of aliphatic hydroxyl groups excluding tert-OH is 2. The van der Waals surface area contributed by atoms with Crippen LogP contribution in [-0.4, -0.2) is 95.6 Å². The van der Waals surface area contributed by atoms with Crippen molar-refractivity contribution in [2.75, 3.05) is 36.2 Å². The molecular weight excluding hydrogens is 821 g/mol. The summed E-state index contributed by atoms with van der Waals surface area (Å²) >= 11 is 7.92. The van der Waals surface area contributed by atoms with Crippen LogP contribution in [0.4, 0.5) is 0 Å². The number of rotatable bonds is 22. The van der Waals surface area contributed by atoms with Gasteiger partial charge in [0.15, 0.2) is 16.6 Å². The van der Waals surface area contributed by atoms with Gasteiger partial charge in [-0.05, 0) is 115 Å². The molecule has 57 heavy (non-hydrogen) atoms. The summed E-state index contributed by atoms with van der Waals surface area (Å²) in [5, 5.41) is 23.9. The highest BCUT2D eigenvalue weighted by atomic mass is 32.2. The summed E-state index contributed by atoms with van der Waals surface area (Å²) in [6, 6.07) is 20.7. The summed E-state index contributed by atoms with van der Waals surface area (Å²) in [4.78, 5) is 0. The molecule has 0 radical (unpaired) electrons. The van der Waals surface area contributed by atoms with Crippen LogP contribution in [-0.2, 0) is 31.5 Å². The lowest BCUT2D eigenvalue weighted by atomic mass is 9.99. The average molecular weight is 898 g/mol. The first-order valence-corrected chi connectivity index (χ1v) is 31.0. The van der Waals surface area contributed by atoms with Crippen molar-refractivity contribution in [3.8, 4) is 0 Å². The third-order valence-corrected chi connectivity index (χ3v) is 28.0. The van der Waals surface area contributed by atoms with Gasteiger partial charge in [-0.2, -0.15) is 0 Å². The van der Waals surface area contributed by atoms with E-state index in [9.17, 15) is 10.2 Å². The van der Waals surface area contributed by atoms with Gasteiger partial charge in [-0.3, -0.25) is 0 Å². The zero-order chi connectivity index (χ0) is 41.8. The molecule has 2 aromatic rings. The highest BCUT2D eigenvalue weighted by molar-refractivity contribution is 8.19. The van der Waals surface area contributed by atoms with Crippen molar-refractivity contribution in [1.29, 1.82) is 0 Å². The van der Waals surface area contributed by atoms with Gasteiger partial charge in [-0.1, -0.05) is 102 Å². The topological polar surface area (TPSA) is 77.4 Å². The Balaban J connectivity index is 1.46. The summed E-state index contributed by atoms with van der Waals surface area (Å²) in [6.45, 7) is 25.2. The molecule has 0 aromatic heterocycles. The van der Waals surface area contributed by atoms with Crippen LogP contribution in [0.5, 0.6) is 0 Å². The fraction of sp³-hybridized carbons (Fsp3) is 0.733. The van der Waals surface area contributed by atoms with Crippen molar-refractivity contribution in [1.82, 2.24) is 0 Å². The van der Waals surface area contributed by atoms with E-state index in [1.54, 1.807) is 0 Å². The number of ether oxygens (including phenoxy) is 2. The Hall–Kier alpha value is 0.0338. The minimum atomic E-state index is -2.10. The molecule has 4 rings (SSSR count). The number of thioether (sulfide) groups is 4. The second-order valence-corrected chi connectivity index (χ2v) is 35.2. The molecule has 2 N–H and O–H groups in total. The first-order valence-electron chi connectivity index (χ1n) is 21.2. The molecule has 4 atom stereocenters. The monoisotopic (exact) mass is 896 g/mol. The van der Waals surface area contributed by atoms with Crippen LogP contribution in [0, 0.1) is 0 Å². The maximum atomic E-state index is 11.9. The molecular formula is C45H76O6S4Si2. The van der Waals surface area contributed by atoms with Crippen LogP contribution >= 0.6 is 47.0 Å². The normalized spacial score (nSPS) is 20.1. The number of benzene rings is 2. The largest absolute Gasteiger partial charge is 0.412 e. The van der Waals surface area contributed by atoms with E-state index >= 15 is 0 Å². The molecule has 0 spiro atoms. The predicted octanol–water partition coefficient (Wildman–Crippen LogP) is 12.0. The predicted molar refractivity (Wildman–Crippen MR) is 256 cm³/mol. The van der Waals surface area contributed by atoms with E-state index in [1.165, 1.54) is 0 Å². The molecule has 0 aliphatic carbocycles. The second-order valence-electron chi connectivity index (χ2n) is 19.3. The molecule has 0 saturated carbocycles. The van der Waals surface area contributed by atoms with E-state index in [0.717, 1.165) is 59.8 Å². The van der Waals surface area contributed by atoms with E-state index in [-0.39, 0.29) is 30.4 Å². The summed E-state index contributed by atoms with van der Waals surface area (Å²) < 4.78 is 26.6. The molecule has 324 valence electrons. The second kappa shape index (κ2) is 22.4. The lowest BCUT2D eigenvalue weighted by molar-refractivity contribution is 0.0213. The summed E-state index contributed by atoms with van der Waals surface area (Å²) in [5.41, 5.74) is 2.32. The Morgan fingerprint density at radius 2 is 0.895 bits per heavy atom. The molecule has 0 unspecified atom stereocenters. The Bertz CT molecular complexity index is 1320. The first-order chi connectivity index (χ1) is 26.7. The average Bonchev–Trinajstić information content (AvgIpc) is 3.11. The molecule has 6 nitrogen and oxygen atoms in total. The van der Waals surface area contributed by atoms with Gasteiger partial charge < -0.3 is 28.5 Å². The van der Waals surface area contributed by atoms with E-state index in [2.05, 4.69) is 116 Å². The first kappa shape index (κ1) is 49.7. The Morgan fingerprint density at radius 3 is 1.21 bits per heavy atom. The molecule has 2 aliphatic rings. The maximum absolute atomic E-state index is 11.9. The molecule has 0 bridgehead atoms. The van der Waals surface area contributed by atoms with Crippen LogP contribution in [0.3, 0.4) is 0 Å². The number of aliphatic hydroxyl groups is 2. The van der Waals surface area contributed by atoms with Gasteiger partial charge in [0.25, 0.3) is 0 Å². The van der Waals surface area contributed by atoms with Gasteiger partial charge in [-0.25, -0.2) is 0 Å². The van der Waals surface area contributed by atoms with Crippen molar-refractivity contribution < 1.29 is 28.5 Å². The van der Waals surface area contributed by atoms with Crippen LogP contribution in [0.15, 0.2) is 60.7 Å². The molecule has 2 fully saturated rings. The lowest BCUT2D eigenvalue weighted by Crippen LogP contribution is -2.47. The number of hydrogen-bond donors (Lipinski definition) is 2. The van der Waals surface area contributed by atoms with Crippen LogP contribution in [0.25, 0.3) is 0 Å². The van der Waals surface area contributed by atoms with E-state index in [4.69, 9.17) is 18.3 Å². The maximum Gasteiger partial charge on any atom is 0.192 e. The fourth-order valence-corrected chi connectivity index (χ4v) is 16.8. The van der Waals surface area contributed by atoms with Gasteiger partial charge in [0.1, 0.15) is 0 Å². The van der Waals surface area contributed by atoms with Gasteiger partial charge >= 0.3 is 0 Å². The SMILES string of the molecule is CC(C)(C)[Si](C)(C)O[C@@H](COCc1ccccc1)CC1(C[C@@H](O)C[C@H](O)CC2(C[C@H](COCc3ccccc3)O[Si](C)(C)C(C)(C)C)SCCCS2)SCCCS1. The zero-order valence-corrected chi connectivity index (χ0v) is 42.1. The van der Waals surface area contributed by atoms with Crippen molar-refractivity contribution >= 4 is 63.7 Å². The smallest absolute Gasteiger partial charge is 0.192 e. The quantitative estimate of drug-likeness (QED) is 0.112. The Labute approximate surface area is 366 Å². The summed E-state index contributed by atoms with van der Waals surface area (Å²) in [5.74, 6) is 4.27. The van der Waals surface area contributed by atoms with Gasteiger partial charge in [-0.15, -0.1) is 47.0 Å². The van der Waals surface area contributed by atoms with Crippen molar-refractivity contribution in [3.05, 3.63) is 71.8 Å². The lowest BCUT2D eigenvalue weighted by Gasteiger charge is -2.45. The van der Waals surface area contributed by atoms with Gasteiger partial charge in [0, 0.05) is 0 Å².